The van der Waals surface area contributed by atoms with Crippen LogP contribution in [0.3, 0.4) is 0 Å². The van der Waals surface area contributed by atoms with Gasteiger partial charge in [0.05, 0.1) is 6.54 Å². The van der Waals surface area contributed by atoms with Gasteiger partial charge in [-0.15, -0.1) is 0 Å². The van der Waals surface area contributed by atoms with Crippen LogP contribution in [-0.2, 0) is 18.4 Å². The Kier molecular flexibility index (Phi) is 6.15. The van der Waals surface area contributed by atoms with Gasteiger partial charge in [0.1, 0.15) is 11.4 Å². The Morgan fingerprint density at radius 1 is 1.12 bits per heavy atom. The molecule has 0 amide bonds. The molecule has 0 saturated heterocycles. The van der Waals surface area contributed by atoms with Gasteiger partial charge >= 0.3 is 0 Å². The van der Waals surface area contributed by atoms with Crippen LogP contribution in [0.4, 0.5) is 10.1 Å². The van der Waals surface area contributed by atoms with Gasteiger partial charge < -0.3 is 16.2 Å². The van der Waals surface area contributed by atoms with Crippen LogP contribution < -0.4 is 11.1 Å². The minimum atomic E-state index is -1.22. The lowest BCUT2D eigenvalue weighted by Gasteiger charge is -2.22. The van der Waals surface area contributed by atoms with Crippen molar-refractivity contribution in [3.05, 3.63) is 65.0 Å². The lowest BCUT2D eigenvalue weighted by Crippen LogP contribution is -2.30. The lowest BCUT2D eigenvalue weighted by atomic mass is 9.96. The molecule has 0 aliphatic carbocycles. The number of halogens is 1. The number of nitrogens with zero attached hydrogens (tertiary/aromatic N) is 1. The summed E-state index contributed by atoms with van der Waals surface area (Å²) >= 11 is 0. The molecule has 0 radical (unpaired) electrons. The molecular formula is C20H26FN3O. The van der Waals surface area contributed by atoms with E-state index in [1.165, 1.54) is 23.3 Å². The van der Waals surface area contributed by atoms with Crippen LogP contribution in [0.2, 0.25) is 0 Å². The molecule has 0 bridgehead atoms. The zero-order chi connectivity index (χ0) is 18.4. The van der Waals surface area contributed by atoms with Crippen molar-refractivity contribution in [2.24, 2.45) is 10.7 Å². The average Bonchev–Trinajstić information content (AvgIpc) is 2.60. The second-order valence-electron chi connectivity index (χ2n) is 6.27. The van der Waals surface area contributed by atoms with E-state index in [-0.39, 0.29) is 18.3 Å². The summed E-state index contributed by atoms with van der Waals surface area (Å²) in [5, 5.41) is 13.8. The summed E-state index contributed by atoms with van der Waals surface area (Å²) in [6.45, 7) is 5.89. The van der Waals surface area contributed by atoms with Gasteiger partial charge in [0, 0.05) is 5.69 Å². The molecule has 4 N–H and O–H groups in total. The molecule has 5 heteroatoms. The number of aryl methyl sites for hydroxylation is 2. The fraction of sp³-hybridized carbons (Fsp3) is 0.350. The van der Waals surface area contributed by atoms with E-state index in [0.717, 1.165) is 18.5 Å². The number of aliphatic imine (C=N–C) groups is 1. The van der Waals surface area contributed by atoms with E-state index in [2.05, 4.69) is 36.3 Å². The molecule has 2 aromatic rings. The molecule has 0 heterocycles. The van der Waals surface area contributed by atoms with Gasteiger partial charge in [-0.05, 0) is 48.6 Å². The van der Waals surface area contributed by atoms with Crippen LogP contribution in [0.25, 0.3) is 0 Å². The van der Waals surface area contributed by atoms with Crippen molar-refractivity contribution in [2.75, 3.05) is 11.9 Å². The molecule has 1 unspecified atom stereocenters. The van der Waals surface area contributed by atoms with Crippen LogP contribution in [0.15, 0.2) is 47.5 Å². The number of anilines is 1. The molecule has 1 atom stereocenters. The van der Waals surface area contributed by atoms with Gasteiger partial charge in [-0.25, -0.2) is 9.38 Å². The van der Waals surface area contributed by atoms with E-state index in [0.29, 0.717) is 5.56 Å². The van der Waals surface area contributed by atoms with Crippen LogP contribution in [-0.4, -0.2) is 17.6 Å². The third kappa shape index (κ3) is 4.79. The molecule has 0 aromatic heterocycles. The minimum absolute atomic E-state index is 0.0766. The Hall–Kier alpha value is -2.40. The number of guanidine groups is 1. The number of rotatable bonds is 6. The van der Waals surface area contributed by atoms with Crippen molar-refractivity contribution in [1.29, 1.82) is 0 Å². The highest BCUT2D eigenvalue weighted by atomic mass is 19.1. The number of para-hydroxylation sites is 1. The van der Waals surface area contributed by atoms with Gasteiger partial charge in [0.2, 0.25) is 0 Å². The SMILES string of the molecule is CCc1cccc(CC)c1NC(N)=NCC(C)(O)c1ccc(F)cc1. The highest BCUT2D eigenvalue weighted by molar-refractivity contribution is 5.93. The Morgan fingerprint density at radius 2 is 1.68 bits per heavy atom. The summed E-state index contributed by atoms with van der Waals surface area (Å²) in [5.41, 5.74) is 8.72. The monoisotopic (exact) mass is 343 g/mol. The molecular weight excluding hydrogens is 317 g/mol. The predicted molar refractivity (Wildman–Crippen MR) is 101 cm³/mol. The molecule has 134 valence electrons. The topological polar surface area (TPSA) is 70.6 Å². The number of aliphatic hydroxyl groups is 1. The molecule has 2 aromatic carbocycles. The maximum atomic E-state index is 13.0. The third-order valence-electron chi connectivity index (χ3n) is 4.28. The summed E-state index contributed by atoms with van der Waals surface area (Å²) in [6.07, 6.45) is 1.77. The van der Waals surface area contributed by atoms with Crippen LogP contribution in [0.5, 0.6) is 0 Å². The zero-order valence-electron chi connectivity index (χ0n) is 15.0. The number of nitrogens with one attached hydrogen (secondary N) is 1. The first-order chi connectivity index (χ1) is 11.9. The molecule has 0 spiro atoms. The largest absolute Gasteiger partial charge is 0.384 e. The Balaban J connectivity index is 2.16. The molecule has 0 aliphatic rings. The van der Waals surface area contributed by atoms with Gasteiger partial charge in [-0.1, -0.05) is 44.2 Å². The maximum Gasteiger partial charge on any atom is 0.193 e. The van der Waals surface area contributed by atoms with Crippen LogP contribution in [0, 0.1) is 5.82 Å². The second kappa shape index (κ2) is 8.12. The van der Waals surface area contributed by atoms with Gasteiger partial charge in [0.15, 0.2) is 5.96 Å². The number of nitrogens with two attached hydrogens (primary N) is 1. The van der Waals surface area contributed by atoms with E-state index in [1.807, 2.05) is 6.07 Å². The average molecular weight is 343 g/mol. The molecule has 0 fully saturated rings. The van der Waals surface area contributed by atoms with Crippen molar-refractivity contribution >= 4 is 11.6 Å². The zero-order valence-corrected chi connectivity index (χ0v) is 15.0. The van der Waals surface area contributed by atoms with Crippen molar-refractivity contribution < 1.29 is 9.50 Å². The fourth-order valence-electron chi connectivity index (χ4n) is 2.71. The molecule has 25 heavy (non-hydrogen) atoms. The van der Waals surface area contributed by atoms with E-state index in [4.69, 9.17) is 5.73 Å². The smallest absolute Gasteiger partial charge is 0.193 e. The van der Waals surface area contributed by atoms with E-state index in [9.17, 15) is 9.50 Å². The fourth-order valence-corrected chi connectivity index (χ4v) is 2.71. The maximum absolute atomic E-state index is 13.0. The summed E-state index contributed by atoms with van der Waals surface area (Å²) in [7, 11) is 0. The van der Waals surface area contributed by atoms with Crippen molar-refractivity contribution in [1.82, 2.24) is 0 Å². The Morgan fingerprint density at radius 3 is 2.20 bits per heavy atom. The van der Waals surface area contributed by atoms with Gasteiger partial charge in [-0.2, -0.15) is 0 Å². The van der Waals surface area contributed by atoms with Crippen LogP contribution >= 0.6 is 0 Å². The first kappa shape index (κ1) is 18.9. The number of hydrogen-bond donors (Lipinski definition) is 3. The second-order valence-corrected chi connectivity index (χ2v) is 6.27. The predicted octanol–water partition coefficient (Wildman–Crippen LogP) is 3.58. The van der Waals surface area contributed by atoms with Gasteiger partial charge in [-0.3, -0.25) is 0 Å². The standard InChI is InChI=1S/C20H26FN3O/c1-4-14-7-6-8-15(5-2)18(14)24-19(22)23-13-20(3,25)16-9-11-17(21)12-10-16/h6-12,25H,4-5,13H2,1-3H3,(H3,22,23,24). The first-order valence-electron chi connectivity index (χ1n) is 8.53. The molecule has 2 rings (SSSR count). The quantitative estimate of drug-likeness (QED) is 0.554. The third-order valence-corrected chi connectivity index (χ3v) is 4.28. The number of hydrogen-bond acceptors (Lipinski definition) is 2. The molecule has 4 nitrogen and oxygen atoms in total. The summed E-state index contributed by atoms with van der Waals surface area (Å²) in [5.74, 6) is -0.0921. The number of benzene rings is 2. The van der Waals surface area contributed by atoms with Crippen molar-refractivity contribution in [3.8, 4) is 0 Å². The first-order valence-corrected chi connectivity index (χ1v) is 8.53. The van der Waals surface area contributed by atoms with Gasteiger partial charge in [0.25, 0.3) is 0 Å². The normalized spacial score (nSPS) is 14.2. The summed E-state index contributed by atoms with van der Waals surface area (Å²) in [6, 6.07) is 11.9. The summed E-state index contributed by atoms with van der Waals surface area (Å²) < 4.78 is 13.0. The molecule has 0 aliphatic heterocycles. The van der Waals surface area contributed by atoms with Crippen molar-refractivity contribution in [3.63, 3.8) is 0 Å². The van der Waals surface area contributed by atoms with Crippen LogP contribution in [0.1, 0.15) is 37.5 Å². The molecule has 0 saturated carbocycles. The van der Waals surface area contributed by atoms with E-state index < -0.39 is 5.60 Å². The van der Waals surface area contributed by atoms with Crippen molar-refractivity contribution in [2.45, 2.75) is 39.2 Å². The highest BCUT2D eigenvalue weighted by Crippen LogP contribution is 2.23. The Bertz CT molecular complexity index is 717. The Labute approximate surface area is 148 Å². The lowest BCUT2D eigenvalue weighted by molar-refractivity contribution is 0.0673. The van der Waals surface area contributed by atoms with E-state index in [1.54, 1.807) is 19.1 Å². The summed E-state index contributed by atoms with van der Waals surface area (Å²) in [4.78, 5) is 4.28. The highest BCUT2D eigenvalue weighted by Gasteiger charge is 2.23. The van der Waals surface area contributed by atoms with E-state index >= 15 is 0 Å². The minimum Gasteiger partial charge on any atom is -0.384 e.